The van der Waals surface area contributed by atoms with Crippen LogP contribution in [0.2, 0.25) is 0 Å². The maximum Gasteiger partial charge on any atom is 0.220 e. The van der Waals surface area contributed by atoms with E-state index in [2.05, 4.69) is 19.2 Å². The first kappa shape index (κ1) is 10.6. The summed E-state index contributed by atoms with van der Waals surface area (Å²) in [5.41, 5.74) is 0. The van der Waals surface area contributed by atoms with Crippen LogP contribution in [0.4, 0.5) is 0 Å². The molecule has 1 aliphatic rings. The Kier molecular flexibility index (Phi) is 4.26. The van der Waals surface area contributed by atoms with Crippen LogP contribution in [0.15, 0.2) is 0 Å². The first-order valence-electron chi connectivity index (χ1n) is 5.45. The van der Waals surface area contributed by atoms with Gasteiger partial charge in [-0.25, -0.2) is 0 Å². The number of nitrogens with one attached hydrogen (secondary N) is 1. The van der Waals surface area contributed by atoms with Gasteiger partial charge < -0.3 is 5.32 Å². The van der Waals surface area contributed by atoms with Crippen LogP contribution in [-0.4, -0.2) is 12.5 Å². The Morgan fingerprint density at radius 2 is 2.23 bits per heavy atom. The van der Waals surface area contributed by atoms with Gasteiger partial charge in [-0.3, -0.25) is 4.79 Å². The van der Waals surface area contributed by atoms with Crippen molar-refractivity contribution in [1.82, 2.24) is 5.32 Å². The van der Waals surface area contributed by atoms with Crippen molar-refractivity contribution in [3.63, 3.8) is 0 Å². The molecule has 76 valence electrons. The summed E-state index contributed by atoms with van der Waals surface area (Å²) < 4.78 is 0. The first-order chi connectivity index (χ1) is 6.18. The van der Waals surface area contributed by atoms with E-state index in [4.69, 9.17) is 0 Å². The van der Waals surface area contributed by atoms with Crippen LogP contribution in [0.1, 0.15) is 46.0 Å². The third kappa shape index (κ3) is 4.30. The summed E-state index contributed by atoms with van der Waals surface area (Å²) in [6, 6.07) is 0. The molecule has 1 aliphatic heterocycles. The highest BCUT2D eigenvalue weighted by Gasteiger charge is 2.15. The number of hydrogen-bond acceptors (Lipinski definition) is 1. The van der Waals surface area contributed by atoms with Gasteiger partial charge in [-0.05, 0) is 24.7 Å². The van der Waals surface area contributed by atoms with E-state index < -0.39 is 0 Å². The fourth-order valence-corrected chi connectivity index (χ4v) is 1.84. The molecule has 0 saturated carbocycles. The number of rotatable bonds is 3. The highest BCUT2D eigenvalue weighted by Crippen LogP contribution is 2.21. The Balaban J connectivity index is 2.22. The third-order valence-electron chi connectivity index (χ3n) is 2.81. The lowest BCUT2D eigenvalue weighted by Crippen LogP contribution is -2.21. The second-order valence-corrected chi connectivity index (χ2v) is 4.51. The number of amides is 1. The van der Waals surface area contributed by atoms with Crippen LogP contribution in [0.25, 0.3) is 0 Å². The van der Waals surface area contributed by atoms with E-state index >= 15 is 0 Å². The molecule has 1 unspecified atom stereocenters. The zero-order chi connectivity index (χ0) is 9.68. The summed E-state index contributed by atoms with van der Waals surface area (Å²) in [7, 11) is 0. The van der Waals surface area contributed by atoms with Crippen molar-refractivity contribution in [2.75, 3.05) is 6.54 Å². The lowest BCUT2D eigenvalue weighted by Gasteiger charge is -2.13. The fraction of sp³-hybridized carbons (Fsp3) is 0.909. The van der Waals surface area contributed by atoms with Gasteiger partial charge in [-0.2, -0.15) is 0 Å². The molecule has 0 aliphatic carbocycles. The van der Waals surface area contributed by atoms with Gasteiger partial charge in [0.25, 0.3) is 0 Å². The zero-order valence-electron chi connectivity index (χ0n) is 8.81. The van der Waals surface area contributed by atoms with Gasteiger partial charge in [0, 0.05) is 13.0 Å². The molecule has 2 nitrogen and oxygen atoms in total. The van der Waals surface area contributed by atoms with Crippen LogP contribution in [-0.2, 0) is 4.79 Å². The first-order valence-corrected chi connectivity index (χ1v) is 5.45. The van der Waals surface area contributed by atoms with Crippen LogP contribution in [0.5, 0.6) is 0 Å². The highest BCUT2D eigenvalue weighted by atomic mass is 16.1. The lowest BCUT2D eigenvalue weighted by molar-refractivity contribution is -0.120. The molecule has 1 atom stereocenters. The molecule has 0 aromatic rings. The van der Waals surface area contributed by atoms with Gasteiger partial charge in [0.1, 0.15) is 0 Å². The second kappa shape index (κ2) is 5.25. The SMILES string of the molecule is CC(C)CCC1CCNC(=O)CC1. The largest absolute Gasteiger partial charge is 0.356 e. The molecule has 1 N–H and O–H groups in total. The van der Waals surface area contributed by atoms with Gasteiger partial charge in [0.05, 0.1) is 0 Å². The van der Waals surface area contributed by atoms with Crippen LogP contribution < -0.4 is 5.32 Å². The summed E-state index contributed by atoms with van der Waals surface area (Å²) in [5, 5.41) is 2.92. The maximum atomic E-state index is 11.1. The van der Waals surface area contributed by atoms with E-state index in [0.717, 1.165) is 31.2 Å². The Morgan fingerprint density at radius 1 is 1.46 bits per heavy atom. The minimum atomic E-state index is 0.243. The Hall–Kier alpha value is -0.530. The molecule has 0 aromatic carbocycles. The maximum absolute atomic E-state index is 11.1. The van der Waals surface area contributed by atoms with Gasteiger partial charge >= 0.3 is 0 Å². The molecule has 1 amide bonds. The van der Waals surface area contributed by atoms with E-state index in [0.29, 0.717) is 0 Å². The van der Waals surface area contributed by atoms with Crippen molar-refractivity contribution in [1.29, 1.82) is 0 Å². The fourth-order valence-electron chi connectivity index (χ4n) is 1.84. The molecule has 0 aromatic heterocycles. The number of carbonyl (C=O) groups excluding carboxylic acids is 1. The number of carbonyl (C=O) groups is 1. The van der Waals surface area contributed by atoms with Gasteiger partial charge in [-0.15, -0.1) is 0 Å². The molecule has 0 spiro atoms. The summed E-state index contributed by atoms with van der Waals surface area (Å²) in [6.07, 6.45) is 5.62. The highest BCUT2D eigenvalue weighted by molar-refractivity contribution is 5.76. The van der Waals surface area contributed by atoms with Crippen LogP contribution in [0, 0.1) is 11.8 Å². The molecule has 1 heterocycles. The minimum absolute atomic E-state index is 0.243. The normalized spacial score (nSPS) is 24.2. The van der Waals surface area contributed by atoms with E-state index in [1.54, 1.807) is 0 Å². The molecule has 0 radical (unpaired) electrons. The average molecular weight is 183 g/mol. The third-order valence-corrected chi connectivity index (χ3v) is 2.81. The quantitative estimate of drug-likeness (QED) is 0.715. The Bertz CT molecular complexity index is 165. The van der Waals surface area contributed by atoms with E-state index in [-0.39, 0.29) is 5.91 Å². The summed E-state index contributed by atoms with van der Waals surface area (Å²) >= 11 is 0. The van der Waals surface area contributed by atoms with Crippen molar-refractivity contribution in [2.45, 2.75) is 46.0 Å². The topological polar surface area (TPSA) is 29.1 Å². The molecular formula is C11H21NO. The summed E-state index contributed by atoms with van der Waals surface area (Å²) in [5.74, 6) is 1.82. The van der Waals surface area contributed by atoms with Crippen molar-refractivity contribution < 1.29 is 4.79 Å². The predicted octanol–water partition coefficient (Wildman–Crippen LogP) is 2.34. The van der Waals surface area contributed by atoms with Crippen molar-refractivity contribution in [3.05, 3.63) is 0 Å². The van der Waals surface area contributed by atoms with Gasteiger partial charge in [0.2, 0.25) is 5.91 Å². The van der Waals surface area contributed by atoms with E-state index in [9.17, 15) is 4.79 Å². The Labute approximate surface area is 81.1 Å². The predicted molar refractivity (Wildman–Crippen MR) is 54.4 cm³/mol. The lowest BCUT2D eigenvalue weighted by atomic mass is 9.92. The Morgan fingerprint density at radius 3 is 2.92 bits per heavy atom. The van der Waals surface area contributed by atoms with Crippen molar-refractivity contribution in [2.24, 2.45) is 11.8 Å². The summed E-state index contributed by atoms with van der Waals surface area (Å²) in [6.45, 7) is 5.42. The monoisotopic (exact) mass is 183 g/mol. The molecule has 0 bridgehead atoms. The van der Waals surface area contributed by atoms with Gasteiger partial charge in [-0.1, -0.05) is 26.7 Å². The molecular weight excluding hydrogens is 162 g/mol. The molecule has 1 fully saturated rings. The minimum Gasteiger partial charge on any atom is -0.356 e. The molecule has 2 heteroatoms. The average Bonchev–Trinajstić information content (AvgIpc) is 2.27. The molecule has 1 rings (SSSR count). The molecule has 13 heavy (non-hydrogen) atoms. The second-order valence-electron chi connectivity index (χ2n) is 4.51. The van der Waals surface area contributed by atoms with Gasteiger partial charge in [0.15, 0.2) is 0 Å². The number of hydrogen-bond donors (Lipinski definition) is 1. The smallest absolute Gasteiger partial charge is 0.220 e. The van der Waals surface area contributed by atoms with E-state index in [1.165, 1.54) is 19.3 Å². The van der Waals surface area contributed by atoms with Crippen molar-refractivity contribution >= 4 is 5.91 Å². The molecule has 1 saturated heterocycles. The summed E-state index contributed by atoms with van der Waals surface area (Å²) in [4.78, 5) is 11.1. The van der Waals surface area contributed by atoms with Crippen LogP contribution in [0.3, 0.4) is 0 Å². The van der Waals surface area contributed by atoms with Crippen molar-refractivity contribution in [3.8, 4) is 0 Å². The zero-order valence-corrected chi connectivity index (χ0v) is 8.81. The van der Waals surface area contributed by atoms with Crippen LogP contribution >= 0.6 is 0 Å². The standard InChI is InChI=1S/C11H21NO/c1-9(2)3-4-10-5-6-11(13)12-8-7-10/h9-10H,3-8H2,1-2H3,(H,12,13). The van der Waals surface area contributed by atoms with E-state index in [1.807, 2.05) is 0 Å².